The number of halogens is 1. The number of carbonyl (C=O) groups is 1. The van der Waals surface area contributed by atoms with Gasteiger partial charge in [-0.1, -0.05) is 42.5 Å². The molecule has 1 saturated heterocycles. The van der Waals surface area contributed by atoms with Crippen molar-refractivity contribution in [3.63, 3.8) is 0 Å². The molecule has 1 N–H and O–H groups in total. The number of carbonyl (C=O) groups excluding carboxylic acids is 1. The number of piperazine rings is 1. The van der Waals surface area contributed by atoms with Crippen molar-refractivity contribution >= 4 is 11.6 Å². The van der Waals surface area contributed by atoms with Crippen LogP contribution < -0.4 is 10.2 Å². The summed E-state index contributed by atoms with van der Waals surface area (Å²) in [5.41, 5.74) is 1.84. The van der Waals surface area contributed by atoms with Gasteiger partial charge in [0.25, 0.3) is 0 Å². The molecule has 0 radical (unpaired) electrons. The van der Waals surface area contributed by atoms with Crippen LogP contribution in [-0.2, 0) is 11.3 Å². The molecule has 25 heavy (non-hydrogen) atoms. The van der Waals surface area contributed by atoms with Gasteiger partial charge in [-0.25, -0.2) is 4.39 Å². The van der Waals surface area contributed by atoms with E-state index in [0.717, 1.165) is 6.54 Å². The maximum absolute atomic E-state index is 13.8. The van der Waals surface area contributed by atoms with Gasteiger partial charge in [0.2, 0.25) is 5.91 Å². The summed E-state index contributed by atoms with van der Waals surface area (Å²) in [6.07, 6.45) is 0.493. The molecule has 0 aliphatic carbocycles. The third kappa shape index (κ3) is 4.79. The molecule has 0 aromatic heterocycles. The first kappa shape index (κ1) is 17.4. The Labute approximate surface area is 148 Å². The molecule has 1 amide bonds. The number of nitrogens with zero attached hydrogens (tertiary/aromatic N) is 2. The highest BCUT2D eigenvalue weighted by Gasteiger charge is 2.22. The summed E-state index contributed by atoms with van der Waals surface area (Å²) >= 11 is 0. The second-order valence-corrected chi connectivity index (χ2v) is 6.23. The summed E-state index contributed by atoms with van der Waals surface area (Å²) in [6, 6.07) is 17.0. The topological polar surface area (TPSA) is 35.6 Å². The quantitative estimate of drug-likeness (QED) is 0.821. The lowest BCUT2D eigenvalue weighted by atomic mass is 10.2. The van der Waals surface area contributed by atoms with Crippen molar-refractivity contribution in [3.05, 3.63) is 66.0 Å². The van der Waals surface area contributed by atoms with Crippen LogP contribution in [0.3, 0.4) is 0 Å². The van der Waals surface area contributed by atoms with Gasteiger partial charge in [0.15, 0.2) is 0 Å². The van der Waals surface area contributed by atoms with Crippen molar-refractivity contribution in [2.45, 2.75) is 13.0 Å². The Balaban J connectivity index is 1.39. The number of para-hydroxylation sites is 1. The zero-order valence-corrected chi connectivity index (χ0v) is 14.3. The van der Waals surface area contributed by atoms with Gasteiger partial charge in [-0.2, -0.15) is 0 Å². The van der Waals surface area contributed by atoms with Gasteiger partial charge in [-0.3, -0.25) is 4.79 Å². The van der Waals surface area contributed by atoms with Gasteiger partial charge < -0.3 is 15.1 Å². The Bertz CT molecular complexity index is 684. The normalized spacial score (nSPS) is 14.6. The lowest BCUT2D eigenvalue weighted by Gasteiger charge is -2.36. The molecule has 0 spiro atoms. The van der Waals surface area contributed by atoms with E-state index in [4.69, 9.17) is 0 Å². The van der Waals surface area contributed by atoms with E-state index >= 15 is 0 Å². The Morgan fingerprint density at radius 2 is 1.64 bits per heavy atom. The lowest BCUT2D eigenvalue weighted by molar-refractivity contribution is -0.131. The van der Waals surface area contributed by atoms with Gasteiger partial charge in [-0.05, 0) is 17.7 Å². The summed E-state index contributed by atoms with van der Waals surface area (Å²) < 4.78 is 13.8. The number of rotatable bonds is 6. The zero-order valence-electron chi connectivity index (χ0n) is 14.3. The predicted molar refractivity (Wildman–Crippen MR) is 98.0 cm³/mol. The average Bonchev–Trinajstić information content (AvgIpc) is 2.66. The number of anilines is 1. The number of hydrogen-bond acceptors (Lipinski definition) is 3. The molecule has 4 nitrogen and oxygen atoms in total. The molecular formula is C20H24FN3O. The molecule has 2 aromatic carbocycles. The van der Waals surface area contributed by atoms with E-state index in [2.05, 4.69) is 17.4 Å². The zero-order chi connectivity index (χ0) is 17.5. The number of benzene rings is 2. The molecule has 0 saturated carbocycles. The standard InChI is InChI=1S/C20H24FN3O/c21-18-8-4-5-9-19(18)23-12-14-24(15-13-23)20(25)10-11-22-16-17-6-2-1-3-7-17/h1-9,22H,10-16H2. The van der Waals surface area contributed by atoms with Gasteiger partial charge in [0.05, 0.1) is 5.69 Å². The first-order chi connectivity index (χ1) is 12.2. The van der Waals surface area contributed by atoms with E-state index in [9.17, 15) is 9.18 Å². The van der Waals surface area contributed by atoms with E-state index in [1.165, 1.54) is 11.6 Å². The van der Waals surface area contributed by atoms with E-state index in [1.54, 1.807) is 12.1 Å². The molecule has 1 aliphatic rings. The van der Waals surface area contributed by atoms with E-state index in [1.807, 2.05) is 34.1 Å². The third-order valence-electron chi connectivity index (χ3n) is 4.51. The minimum Gasteiger partial charge on any atom is -0.366 e. The van der Waals surface area contributed by atoms with Crippen LogP contribution in [0.2, 0.25) is 0 Å². The van der Waals surface area contributed by atoms with Crippen LogP contribution in [0.5, 0.6) is 0 Å². The minimum absolute atomic E-state index is 0.161. The first-order valence-corrected chi connectivity index (χ1v) is 8.76. The molecule has 1 fully saturated rings. The largest absolute Gasteiger partial charge is 0.366 e. The van der Waals surface area contributed by atoms with Crippen LogP contribution >= 0.6 is 0 Å². The molecule has 1 aliphatic heterocycles. The molecule has 5 heteroatoms. The second kappa shape index (κ2) is 8.62. The van der Waals surface area contributed by atoms with Crippen molar-refractivity contribution in [2.75, 3.05) is 37.6 Å². The van der Waals surface area contributed by atoms with Crippen molar-refractivity contribution in [2.24, 2.45) is 0 Å². The van der Waals surface area contributed by atoms with Gasteiger partial charge in [-0.15, -0.1) is 0 Å². The van der Waals surface area contributed by atoms with Crippen molar-refractivity contribution < 1.29 is 9.18 Å². The maximum Gasteiger partial charge on any atom is 0.223 e. The Hall–Kier alpha value is -2.40. The fourth-order valence-corrected chi connectivity index (χ4v) is 3.09. The highest BCUT2D eigenvalue weighted by Crippen LogP contribution is 2.20. The van der Waals surface area contributed by atoms with E-state index in [0.29, 0.717) is 44.8 Å². The van der Waals surface area contributed by atoms with Crippen LogP contribution in [0.25, 0.3) is 0 Å². The van der Waals surface area contributed by atoms with Crippen LogP contribution in [0.1, 0.15) is 12.0 Å². The van der Waals surface area contributed by atoms with Crippen LogP contribution in [-0.4, -0.2) is 43.5 Å². The summed E-state index contributed by atoms with van der Waals surface area (Å²) in [6.45, 7) is 4.07. The Morgan fingerprint density at radius 1 is 0.960 bits per heavy atom. The number of amides is 1. The molecule has 3 rings (SSSR count). The molecule has 0 atom stereocenters. The smallest absolute Gasteiger partial charge is 0.223 e. The fraction of sp³-hybridized carbons (Fsp3) is 0.350. The van der Waals surface area contributed by atoms with Crippen molar-refractivity contribution in [1.82, 2.24) is 10.2 Å². The molecule has 2 aromatic rings. The molecule has 0 unspecified atom stereocenters. The Kier molecular flexibility index (Phi) is 6.01. The summed E-state index contributed by atoms with van der Waals surface area (Å²) in [5.74, 6) is -0.0406. The number of nitrogens with one attached hydrogen (secondary N) is 1. The van der Waals surface area contributed by atoms with E-state index in [-0.39, 0.29) is 11.7 Å². The van der Waals surface area contributed by atoms with Gasteiger partial charge in [0.1, 0.15) is 5.82 Å². The summed E-state index contributed by atoms with van der Waals surface area (Å²) in [5, 5.41) is 3.31. The second-order valence-electron chi connectivity index (χ2n) is 6.23. The predicted octanol–water partition coefficient (Wildman–Crippen LogP) is 2.65. The van der Waals surface area contributed by atoms with Crippen LogP contribution in [0.4, 0.5) is 10.1 Å². The lowest BCUT2D eigenvalue weighted by Crippen LogP contribution is -2.49. The van der Waals surface area contributed by atoms with E-state index < -0.39 is 0 Å². The minimum atomic E-state index is -0.201. The molecule has 0 bridgehead atoms. The van der Waals surface area contributed by atoms with Crippen molar-refractivity contribution in [1.29, 1.82) is 0 Å². The van der Waals surface area contributed by atoms with Gasteiger partial charge >= 0.3 is 0 Å². The summed E-state index contributed by atoms with van der Waals surface area (Å²) in [4.78, 5) is 16.2. The highest BCUT2D eigenvalue weighted by atomic mass is 19.1. The fourth-order valence-electron chi connectivity index (χ4n) is 3.09. The molecule has 1 heterocycles. The third-order valence-corrected chi connectivity index (χ3v) is 4.51. The first-order valence-electron chi connectivity index (χ1n) is 8.76. The van der Waals surface area contributed by atoms with Crippen LogP contribution in [0, 0.1) is 5.82 Å². The summed E-state index contributed by atoms with van der Waals surface area (Å²) in [7, 11) is 0. The molecule has 132 valence electrons. The maximum atomic E-state index is 13.8. The number of hydrogen-bond donors (Lipinski definition) is 1. The van der Waals surface area contributed by atoms with Crippen molar-refractivity contribution in [3.8, 4) is 0 Å². The van der Waals surface area contributed by atoms with Gasteiger partial charge in [0, 0.05) is 45.7 Å². The Morgan fingerprint density at radius 3 is 2.36 bits per heavy atom. The molecular weight excluding hydrogens is 317 g/mol. The van der Waals surface area contributed by atoms with Crippen LogP contribution in [0.15, 0.2) is 54.6 Å². The average molecular weight is 341 g/mol. The highest BCUT2D eigenvalue weighted by molar-refractivity contribution is 5.76. The monoisotopic (exact) mass is 341 g/mol. The SMILES string of the molecule is O=C(CCNCc1ccccc1)N1CCN(c2ccccc2F)CC1.